The van der Waals surface area contributed by atoms with Gasteiger partial charge in [0.15, 0.2) is 0 Å². The van der Waals surface area contributed by atoms with Crippen molar-refractivity contribution in [3.8, 4) is 0 Å². The maximum absolute atomic E-state index is 13.2. The van der Waals surface area contributed by atoms with E-state index in [0.717, 1.165) is 64.2 Å². The number of unbranched alkanes of at least 4 members (excludes halogenated alkanes) is 28. The van der Waals surface area contributed by atoms with E-state index in [2.05, 4.69) is 74.7 Å². The number of rotatable bonds is 48. The molecule has 0 radical (unpaired) electrons. The lowest BCUT2D eigenvalue weighted by Crippen LogP contribution is -2.46. The molecule has 0 aliphatic carbocycles. The van der Waals surface area contributed by atoms with Crippen LogP contribution in [-0.2, 0) is 14.3 Å². The molecule has 6 heteroatoms. The van der Waals surface area contributed by atoms with Gasteiger partial charge in [0.25, 0.3) is 0 Å². The normalized spacial score (nSPS) is 13.6. The minimum Gasteiger partial charge on any atom is -0.462 e. The van der Waals surface area contributed by atoms with Crippen LogP contribution in [0.2, 0.25) is 0 Å². The zero-order chi connectivity index (χ0) is 45.2. The number of nitrogens with one attached hydrogen (secondary N) is 1. The summed E-state index contributed by atoms with van der Waals surface area (Å²) in [6.45, 7) is 6.44. The first-order chi connectivity index (χ1) is 30.5. The van der Waals surface area contributed by atoms with E-state index in [1.54, 1.807) is 0 Å². The summed E-state index contributed by atoms with van der Waals surface area (Å²) in [5.74, 6) is -0.535. The first-order valence-corrected chi connectivity index (χ1v) is 26.9. The fraction of sp³-hybridized carbons (Fsp3) is 0.821. The van der Waals surface area contributed by atoms with E-state index < -0.39 is 18.2 Å². The van der Waals surface area contributed by atoms with Crippen LogP contribution in [0.4, 0.5) is 0 Å². The summed E-state index contributed by atoms with van der Waals surface area (Å²) in [5.41, 5.74) is 0. The van der Waals surface area contributed by atoms with Gasteiger partial charge in [-0.2, -0.15) is 0 Å². The first-order valence-electron chi connectivity index (χ1n) is 26.9. The number of carbonyl (C=O) groups excluding carboxylic acids is 2. The van der Waals surface area contributed by atoms with Crippen LogP contribution in [0.1, 0.15) is 271 Å². The molecule has 1 amide bonds. The molecular weight excluding hydrogens is 767 g/mol. The first kappa shape index (κ1) is 59.8. The summed E-state index contributed by atoms with van der Waals surface area (Å²) in [6.07, 6.45) is 60.4. The Balaban J connectivity index is 4.49. The quantitative estimate of drug-likeness (QED) is 0.0322. The van der Waals surface area contributed by atoms with Crippen molar-refractivity contribution in [1.29, 1.82) is 0 Å². The molecule has 3 atom stereocenters. The molecule has 0 saturated carbocycles. The van der Waals surface area contributed by atoms with E-state index >= 15 is 0 Å². The molecular formula is C56H103NO5. The molecule has 0 bridgehead atoms. The van der Waals surface area contributed by atoms with Crippen LogP contribution >= 0.6 is 0 Å². The summed E-state index contributed by atoms with van der Waals surface area (Å²) >= 11 is 0. The minimum atomic E-state index is -0.795. The molecule has 62 heavy (non-hydrogen) atoms. The zero-order valence-electron chi connectivity index (χ0n) is 41.3. The van der Waals surface area contributed by atoms with Crippen molar-refractivity contribution >= 4 is 11.9 Å². The van der Waals surface area contributed by atoms with E-state index in [1.807, 2.05) is 0 Å². The van der Waals surface area contributed by atoms with Gasteiger partial charge in [-0.1, -0.05) is 243 Å². The highest BCUT2D eigenvalue weighted by Gasteiger charge is 2.24. The number of aliphatic hydroxyl groups excluding tert-OH is 2. The van der Waals surface area contributed by atoms with Gasteiger partial charge in [0, 0.05) is 6.42 Å². The average Bonchev–Trinajstić information content (AvgIpc) is 3.26. The third-order valence-corrected chi connectivity index (χ3v) is 12.2. The number of amides is 1. The summed E-state index contributed by atoms with van der Waals surface area (Å²) in [7, 11) is 0. The molecule has 0 aliphatic heterocycles. The maximum Gasteiger partial charge on any atom is 0.306 e. The Morgan fingerprint density at radius 1 is 0.468 bits per heavy atom. The van der Waals surface area contributed by atoms with Gasteiger partial charge in [-0.25, -0.2) is 0 Å². The highest BCUT2D eigenvalue weighted by molar-refractivity contribution is 5.77. The van der Waals surface area contributed by atoms with Gasteiger partial charge < -0.3 is 20.3 Å². The van der Waals surface area contributed by atoms with E-state index in [1.165, 1.54) is 154 Å². The molecule has 0 aromatic heterocycles. The third-order valence-electron chi connectivity index (χ3n) is 12.2. The van der Waals surface area contributed by atoms with Crippen molar-refractivity contribution in [1.82, 2.24) is 5.32 Å². The van der Waals surface area contributed by atoms with Crippen LogP contribution < -0.4 is 5.32 Å². The Hall–Kier alpha value is -2.18. The Morgan fingerprint density at radius 3 is 1.24 bits per heavy atom. The summed E-state index contributed by atoms with van der Waals surface area (Å²) in [5, 5.41) is 23.8. The van der Waals surface area contributed by atoms with Crippen molar-refractivity contribution < 1.29 is 24.5 Å². The molecule has 0 spiro atoms. The van der Waals surface area contributed by atoms with Crippen molar-refractivity contribution in [2.24, 2.45) is 0 Å². The smallest absolute Gasteiger partial charge is 0.306 e. The van der Waals surface area contributed by atoms with Gasteiger partial charge in [-0.3, -0.25) is 9.59 Å². The standard InChI is InChI=1S/C56H103NO5/c1-4-7-10-13-16-19-21-23-25-27-29-31-33-36-39-42-45-48-54(59)53(51-58)57-55(60)50-52(47-44-41-38-35-18-15-12-9-6-3)62-56(61)49-46-43-40-37-34-32-30-28-26-24-22-20-17-14-11-8-5-2/h17,20,24,26,30,32,37,40,52-54,58-59H,4-16,18-19,21-23,25,27-29,31,33-36,38-39,41-51H2,1-3H3,(H,57,60)/b20-17-,26-24-,32-30-,40-37-. The van der Waals surface area contributed by atoms with Gasteiger partial charge >= 0.3 is 5.97 Å². The van der Waals surface area contributed by atoms with E-state index in [4.69, 9.17) is 4.74 Å². The van der Waals surface area contributed by atoms with Gasteiger partial charge in [0.1, 0.15) is 6.10 Å². The van der Waals surface area contributed by atoms with Gasteiger partial charge in [-0.05, 0) is 64.2 Å². The van der Waals surface area contributed by atoms with Crippen molar-refractivity contribution in [3.63, 3.8) is 0 Å². The molecule has 0 aliphatic rings. The maximum atomic E-state index is 13.2. The monoisotopic (exact) mass is 870 g/mol. The topological polar surface area (TPSA) is 95.9 Å². The van der Waals surface area contributed by atoms with E-state index in [0.29, 0.717) is 25.7 Å². The number of hydrogen-bond acceptors (Lipinski definition) is 5. The second-order valence-corrected chi connectivity index (χ2v) is 18.3. The molecule has 6 nitrogen and oxygen atoms in total. The lowest BCUT2D eigenvalue weighted by atomic mass is 10.0. The SMILES string of the molecule is CCCCC/C=C\C/C=C\C/C=C\C/C=C\CCCC(=O)OC(CCCCCCCCCCC)CC(=O)NC(CO)C(O)CCCCCCCCCCCCCCCCCCC. The molecule has 0 fully saturated rings. The number of ether oxygens (including phenoxy) is 1. The van der Waals surface area contributed by atoms with Gasteiger partial charge in [0.2, 0.25) is 5.91 Å². The Labute approximate surface area is 385 Å². The number of esters is 1. The van der Waals surface area contributed by atoms with Crippen molar-refractivity contribution in [2.75, 3.05) is 6.61 Å². The summed E-state index contributed by atoms with van der Waals surface area (Å²) in [6, 6.07) is -0.710. The highest BCUT2D eigenvalue weighted by atomic mass is 16.5. The van der Waals surface area contributed by atoms with E-state index in [9.17, 15) is 19.8 Å². The fourth-order valence-electron chi connectivity index (χ4n) is 8.07. The predicted molar refractivity (Wildman–Crippen MR) is 269 cm³/mol. The Bertz CT molecular complexity index is 1070. The van der Waals surface area contributed by atoms with Crippen molar-refractivity contribution in [3.05, 3.63) is 48.6 Å². The van der Waals surface area contributed by atoms with Crippen LogP contribution in [0.25, 0.3) is 0 Å². The number of carbonyl (C=O) groups is 2. The molecule has 0 aromatic rings. The van der Waals surface area contributed by atoms with Crippen molar-refractivity contribution in [2.45, 2.75) is 289 Å². The zero-order valence-corrected chi connectivity index (χ0v) is 41.3. The Morgan fingerprint density at radius 2 is 0.823 bits per heavy atom. The third kappa shape index (κ3) is 44.4. The number of allylic oxidation sites excluding steroid dienone is 8. The average molecular weight is 870 g/mol. The van der Waals surface area contributed by atoms with Crippen LogP contribution in [0.5, 0.6) is 0 Å². The molecule has 0 aromatic carbocycles. The molecule has 362 valence electrons. The predicted octanol–water partition coefficient (Wildman–Crippen LogP) is 16.2. The molecule has 0 rings (SSSR count). The van der Waals surface area contributed by atoms with Gasteiger partial charge in [0.05, 0.1) is 25.2 Å². The summed E-state index contributed by atoms with van der Waals surface area (Å²) < 4.78 is 5.89. The molecule has 0 heterocycles. The largest absolute Gasteiger partial charge is 0.462 e. The second-order valence-electron chi connectivity index (χ2n) is 18.3. The second kappa shape index (κ2) is 49.8. The van der Waals surface area contributed by atoms with Gasteiger partial charge in [-0.15, -0.1) is 0 Å². The molecule has 3 N–H and O–H groups in total. The summed E-state index contributed by atoms with van der Waals surface area (Å²) in [4.78, 5) is 26.1. The lowest BCUT2D eigenvalue weighted by molar-refractivity contribution is -0.151. The fourth-order valence-corrected chi connectivity index (χ4v) is 8.07. The van der Waals surface area contributed by atoms with Crippen LogP contribution in [0.3, 0.4) is 0 Å². The van der Waals surface area contributed by atoms with Crippen LogP contribution in [0.15, 0.2) is 48.6 Å². The Kier molecular flexibility index (Phi) is 48.1. The minimum absolute atomic E-state index is 0.0578. The van der Waals surface area contributed by atoms with Crippen LogP contribution in [0, 0.1) is 0 Å². The highest BCUT2D eigenvalue weighted by Crippen LogP contribution is 2.18. The van der Waals surface area contributed by atoms with Crippen LogP contribution in [-0.4, -0.2) is 46.9 Å². The molecule has 0 saturated heterocycles. The number of aliphatic hydroxyl groups is 2. The number of hydrogen-bond donors (Lipinski definition) is 3. The van der Waals surface area contributed by atoms with E-state index in [-0.39, 0.29) is 24.9 Å². The molecule has 3 unspecified atom stereocenters. The lowest BCUT2D eigenvalue weighted by Gasteiger charge is -2.24.